The third kappa shape index (κ3) is 5.01. The number of H-pyrrole nitrogens is 2. The number of nitrogens with one attached hydrogen (secondary N) is 3. The Bertz CT molecular complexity index is 1710. The van der Waals surface area contributed by atoms with Crippen LogP contribution in [0.25, 0.3) is 22.3 Å². The highest BCUT2D eigenvalue weighted by molar-refractivity contribution is 7.71. The molecule has 2 saturated heterocycles. The van der Waals surface area contributed by atoms with Crippen LogP contribution >= 0.6 is 12.2 Å². The number of nitrogens with two attached hydrogens (primary N) is 1. The minimum absolute atomic E-state index is 0.107. The average molecular weight is 612 g/mol. The van der Waals surface area contributed by atoms with E-state index in [0.717, 1.165) is 0 Å². The molecule has 228 valence electrons. The first kappa shape index (κ1) is 29.9. The Morgan fingerprint density at radius 1 is 1.07 bits per heavy atom. The number of aryl methyl sites for hydroxylation is 1. The van der Waals surface area contributed by atoms with Crippen LogP contribution in [0.4, 0.5) is 11.9 Å². The summed E-state index contributed by atoms with van der Waals surface area (Å²) in [6.07, 6.45) is -5.52. The molecular weight excluding hydrogens is 580 g/mol. The van der Waals surface area contributed by atoms with E-state index < -0.39 is 62.3 Å². The maximum absolute atomic E-state index is 12.1. The number of fused-ring (bicyclic) bond motifs is 2. The number of rotatable bonds is 5. The Morgan fingerprint density at radius 2 is 1.74 bits per heavy atom. The summed E-state index contributed by atoms with van der Waals surface area (Å²) in [7, 11) is 3.28. The standard InChI is InChI=1S/C12H17N5O5.C10H13N5O4S/c1-13-12-14-9-6(10(21)15-12)16(2)4-17(9)11-8(20)7(19)5(3-18)22-11;11-10-13-7-4(8(20)14-10)12-2-15(7)9-6(18)5(17)3(1-16)19-9/h4-5,7-8,11,18-20H,3H2,1-2H3,(H-,13,14,15,21);2-3,5-6,9,16-18H,1H2,(H3,11,13,14,20)/p+1/t5-,7-,8-,11-;3-,5-,6-,9-/m11/s1. The molecule has 2 fully saturated rings. The van der Waals surface area contributed by atoms with Crippen LogP contribution in [0.15, 0.2) is 17.4 Å². The number of aromatic nitrogens is 8. The summed E-state index contributed by atoms with van der Waals surface area (Å²) in [6.45, 7) is -0.823. The molecule has 20 heteroatoms. The molecule has 4 aromatic rings. The van der Waals surface area contributed by atoms with Gasteiger partial charge in [-0.2, -0.15) is 0 Å². The van der Waals surface area contributed by atoms with Gasteiger partial charge in [0.05, 0.1) is 26.6 Å². The summed E-state index contributed by atoms with van der Waals surface area (Å²) < 4.78 is 15.6. The number of imidazole rings is 2. The number of anilines is 2. The Balaban J connectivity index is 0.000000169. The molecule has 42 heavy (non-hydrogen) atoms. The summed E-state index contributed by atoms with van der Waals surface area (Å²) in [5.41, 5.74) is 6.69. The van der Waals surface area contributed by atoms with Gasteiger partial charge in [-0.15, -0.1) is 0 Å². The number of hydrogen-bond acceptors (Lipinski definition) is 15. The van der Waals surface area contributed by atoms with Gasteiger partial charge in [-0.3, -0.25) is 18.9 Å². The molecule has 19 nitrogen and oxygen atoms in total. The average Bonchev–Trinajstić information content (AvgIpc) is 3.68. The van der Waals surface area contributed by atoms with E-state index in [-0.39, 0.29) is 22.1 Å². The van der Waals surface area contributed by atoms with Gasteiger partial charge in [0.15, 0.2) is 23.1 Å². The summed E-state index contributed by atoms with van der Waals surface area (Å²) in [4.78, 5) is 29.7. The van der Waals surface area contributed by atoms with Gasteiger partial charge < -0.3 is 56.1 Å². The van der Waals surface area contributed by atoms with E-state index in [1.807, 2.05) is 0 Å². The van der Waals surface area contributed by atoms with Crippen molar-refractivity contribution in [3.63, 3.8) is 0 Å². The van der Waals surface area contributed by atoms with Crippen LogP contribution in [0.5, 0.6) is 0 Å². The molecule has 2 aliphatic rings. The van der Waals surface area contributed by atoms with Crippen LogP contribution < -0.4 is 21.2 Å². The van der Waals surface area contributed by atoms with Crippen molar-refractivity contribution < 1.29 is 44.7 Å². The lowest BCUT2D eigenvalue weighted by atomic mass is 10.1. The van der Waals surface area contributed by atoms with E-state index in [4.69, 9.17) is 32.5 Å². The summed E-state index contributed by atoms with van der Waals surface area (Å²) in [5, 5.41) is 60.8. The Morgan fingerprint density at radius 3 is 2.36 bits per heavy atom. The number of nitrogens with zero attached hydrogens (tertiary/aromatic N) is 6. The number of aliphatic hydroxyl groups excluding tert-OH is 6. The Hall–Kier alpha value is -3.60. The maximum atomic E-state index is 12.1. The molecule has 4 aromatic heterocycles. The topological polar surface area (TPSA) is 279 Å². The number of nitrogen functional groups attached to an aromatic ring is 1. The zero-order valence-electron chi connectivity index (χ0n) is 22.3. The van der Waals surface area contributed by atoms with E-state index in [0.29, 0.717) is 22.3 Å². The molecule has 0 unspecified atom stereocenters. The van der Waals surface area contributed by atoms with E-state index in [1.165, 1.54) is 15.5 Å². The Kier molecular flexibility index (Phi) is 8.24. The molecule has 0 spiro atoms. The first-order valence-electron chi connectivity index (χ1n) is 12.7. The number of ether oxygens (including phenoxy) is 2. The monoisotopic (exact) mass is 611 g/mol. The molecule has 2 aliphatic heterocycles. The fourth-order valence-electron chi connectivity index (χ4n) is 4.92. The molecule has 6 rings (SSSR count). The lowest BCUT2D eigenvalue weighted by Gasteiger charge is -2.16. The number of hydrogen-bond donors (Lipinski definition) is 10. The third-order valence-electron chi connectivity index (χ3n) is 7.06. The van der Waals surface area contributed by atoms with Crippen LogP contribution in [0.2, 0.25) is 0 Å². The van der Waals surface area contributed by atoms with Crippen molar-refractivity contribution in [3.8, 4) is 0 Å². The number of aliphatic hydroxyl groups is 6. The van der Waals surface area contributed by atoms with Crippen molar-refractivity contribution in [1.82, 2.24) is 34.1 Å². The molecule has 6 heterocycles. The fraction of sp³-hybridized carbons (Fsp3) is 0.545. The van der Waals surface area contributed by atoms with Gasteiger partial charge in [0.1, 0.15) is 47.8 Å². The van der Waals surface area contributed by atoms with Crippen LogP contribution in [0.3, 0.4) is 0 Å². The van der Waals surface area contributed by atoms with E-state index in [2.05, 4.69) is 30.2 Å². The first-order valence-corrected chi connectivity index (χ1v) is 13.1. The lowest BCUT2D eigenvalue weighted by Crippen LogP contribution is -2.46. The molecule has 11 N–H and O–H groups in total. The van der Waals surface area contributed by atoms with Crippen LogP contribution in [0, 0.1) is 4.64 Å². The van der Waals surface area contributed by atoms with Crippen LogP contribution in [0.1, 0.15) is 12.5 Å². The summed E-state index contributed by atoms with van der Waals surface area (Å²) in [5.74, 6) is 0.375. The van der Waals surface area contributed by atoms with Crippen molar-refractivity contribution in [2.75, 3.05) is 31.3 Å². The van der Waals surface area contributed by atoms with Crippen molar-refractivity contribution in [2.24, 2.45) is 7.05 Å². The summed E-state index contributed by atoms with van der Waals surface area (Å²) >= 11 is 5.05. The molecular formula is C22H31N10O9S+. The SMILES string of the molecule is CNc1nc2c(c(=O)[nH]1)n(C)c[n+]2[C@@H]1O[C@H](CO)[C@@H](O)[C@H]1O.Nc1nc(=S)c2ncn([C@@H]3O[C@H](CO)[C@@H](O)[C@H]3O)c2[nH]1. The van der Waals surface area contributed by atoms with Crippen LogP contribution in [-0.4, -0.2) is 122 Å². The van der Waals surface area contributed by atoms with Crippen molar-refractivity contribution in [1.29, 1.82) is 0 Å². The molecule has 0 bridgehead atoms. The molecule has 0 amide bonds. The predicted octanol–water partition coefficient (Wildman–Crippen LogP) is -4.12. The highest BCUT2D eigenvalue weighted by Gasteiger charge is 2.47. The Labute approximate surface area is 240 Å². The second-order valence-electron chi connectivity index (χ2n) is 9.70. The summed E-state index contributed by atoms with van der Waals surface area (Å²) in [6, 6.07) is 0. The second-order valence-corrected chi connectivity index (χ2v) is 10.1. The van der Waals surface area contributed by atoms with Gasteiger partial charge in [0.25, 0.3) is 11.5 Å². The normalized spacial score (nSPS) is 29.2. The second kappa shape index (κ2) is 11.6. The highest BCUT2D eigenvalue weighted by Crippen LogP contribution is 2.31. The van der Waals surface area contributed by atoms with Gasteiger partial charge in [-0.1, -0.05) is 17.2 Å². The molecule has 0 aromatic carbocycles. The maximum Gasteiger partial charge on any atom is 0.313 e. The minimum Gasteiger partial charge on any atom is -0.394 e. The zero-order valence-corrected chi connectivity index (χ0v) is 23.1. The van der Waals surface area contributed by atoms with Crippen molar-refractivity contribution >= 4 is 46.4 Å². The van der Waals surface area contributed by atoms with Crippen molar-refractivity contribution in [3.05, 3.63) is 27.6 Å². The van der Waals surface area contributed by atoms with Crippen LogP contribution in [-0.2, 0) is 16.5 Å². The number of aromatic amines is 2. The largest absolute Gasteiger partial charge is 0.394 e. The predicted molar refractivity (Wildman–Crippen MR) is 144 cm³/mol. The van der Waals surface area contributed by atoms with Crippen molar-refractivity contribution in [2.45, 2.75) is 49.1 Å². The van der Waals surface area contributed by atoms with Gasteiger partial charge in [0, 0.05) is 7.05 Å². The minimum atomic E-state index is -1.24. The van der Waals surface area contributed by atoms with Gasteiger partial charge in [-0.25, -0.2) is 14.5 Å². The van der Waals surface area contributed by atoms with Gasteiger partial charge in [-0.05, 0) is 0 Å². The molecule has 0 radical (unpaired) electrons. The first-order chi connectivity index (χ1) is 20.0. The molecule has 8 atom stereocenters. The van der Waals surface area contributed by atoms with E-state index in [9.17, 15) is 30.3 Å². The zero-order chi connectivity index (χ0) is 30.5. The lowest BCUT2D eigenvalue weighted by molar-refractivity contribution is -0.745. The fourth-order valence-corrected chi connectivity index (χ4v) is 5.17. The van der Waals surface area contributed by atoms with E-state index in [1.54, 1.807) is 25.0 Å². The van der Waals surface area contributed by atoms with Gasteiger partial charge in [0.2, 0.25) is 11.7 Å². The van der Waals surface area contributed by atoms with Gasteiger partial charge >= 0.3 is 5.65 Å². The quantitative estimate of drug-likeness (QED) is 0.0758. The molecule has 0 saturated carbocycles. The van der Waals surface area contributed by atoms with E-state index >= 15 is 0 Å². The third-order valence-corrected chi connectivity index (χ3v) is 7.34. The smallest absolute Gasteiger partial charge is 0.313 e. The molecule has 0 aliphatic carbocycles. The highest BCUT2D eigenvalue weighted by atomic mass is 32.1.